The maximum absolute atomic E-state index is 14.0. The first kappa shape index (κ1) is 23.3. The molecule has 5 nitrogen and oxygen atoms in total. The van der Waals surface area contributed by atoms with E-state index in [0.717, 1.165) is 30.2 Å². The Bertz CT molecular complexity index is 831. The third kappa shape index (κ3) is 5.98. The molecule has 0 radical (unpaired) electrons. The highest BCUT2D eigenvalue weighted by atomic mass is 127. The number of para-hydroxylation sites is 1. The highest BCUT2D eigenvalue weighted by Gasteiger charge is 2.21. The SMILES string of the molecule is CCNC(=NCC1CCOc2ccccc21)NC(C)c1ccc(OC)c(F)c1.I. The second-order valence-corrected chi connectivity index (χ2v) is 6.85. The number of guanidine groups is 1. The van der Waals surface area contributed by atoms with Crippen LogP contribution in [0.3, 0.4) is 0 Å². The van der Waals surface area contributed by atoms with Gasteiger partial charge in [0.1, 0.15) is 5.75 Å². The lowest BCUT2D eigenvalue weighted by Crippen LogP contribution is -2.39. The standard InChI is InChI=1S/C22H28FN3O2.HI/c1-4-24-22(26-15(2)16-9-10-21(27-3)19(23)13-16)25-14-17-11-12-28-20-8-6-5-7-18(17)20;/h5-10,13,15,17H,4,11-12,14H2,1-3H3,(H2,24,25,26);1H. The number of rotatable bonds is 6. The number of fused-ring (bicyclic) bond motifs is 1. The summed E-state index contributed by atoms with van der Waals surface area (Å²) in [6.45, 7) is 6.14. The van der Waals surface area contributed by atoms with Crippen LogP contribution in [0.15, 0.2) is 47.5 Å². The average Bonchev–Trinajstić information content (AvgIpc) is 2.72. The van der Waals surface area contributed by atoms with Crippen LogP contribution in [0, 0.1) is 5.82 Å². The van der Waals surface area contributed by atoms with Gasteiger partial charge in [-0.15, -0.1) is 24.0 Å². The van der Waals surface area contributed by atoms with Crippen molar-refractivity contribution in [2.24, 2.45) is 4.99 Å². The number of hydrogen-bond donors (Lipinski definition) is 2. The molecule has 2 N–H and O–H groups in total. The van der Waals surface area contributed by atoms with E-state index in [-0.39, 0.29) is 41.6 Å². The van der Waals surface area contributed by atoms with Gasteiger partial charge in [0, 0.05) is 19.0 Å². The number of aliphatic imine (C=N–C) groups is 1. The third-order valence-electron chi connectivity index (χ3n) is 4.93. The van der Waals surface area contributed by atoms with E-state index in [4.69, 9.17) is 14.5 Å². The summed E-state index contributed by atoms with van der Waals surface area (Å²) >= 11 is 0. The number of methoxy groups -OCH3 is 1. The van der Waals surface area contributed by atoms with Gasteiger partial charge in [0.2, 0.25) is 0 Å². The number of nitrogens with one attached hydrogen (secondary N) is 2. The van der Waals surface area contributed by atoms with Gasteiger partial charge in [0.15, 0.2) is 17.5 Å². The van der Waals surface area contributed by atoms with Crippen molar-refractivity contribution >= 4 is 29.9 Å². The van der Waals surface area contributed by atoms with Gasteiger partial charge in [-0.1, -0.05) is 24.3 Å². The second-order valence-electron chi connectivity index (χ2n) is 6.85. The zero-order valence-electron chi connectivity index (χ0n) is 17.1. The minimum Gasteiger partial charge on any atom is -0.494 e. The molecule has 3 rings (SSSR count). The molecule has 0 aliphatic carbocycles. The monoisotopic (exact) mass is 513 g/mol. The minimum absolute atomic E-state index is 0. The van der Waals surface area contributed by atoms with Crippen molar-refractivity contribution in [2.45, 2.75) is 32.2 Å². The lowest BCUT2D eigenvalue weighted by molar-refractivity contribution is 0.269. The fraction of sp³-hybridized carbons (Fsp3) is 0.409. The van der Waals surface area contributed by atoms with E-state index in [1.807, 2.05) is 38.1 Å². The van der Waals surface area contributed by atoms with Crippen molar-refractivity contribution in [3.63, 3.8) is 0 Å². The molecule has 1 aliphatic rings. The third-order valence-corrected chi connectivity index (χ3v) is 4.93. The first-order chi connectivity index (χ1) is 13.6. The summed E-state index contributed by atoms with van der Waals surface area (Å²) in [5, 5.41) is 6.64. The molecule has 29 heavy (non-hydrogen) atoms. The number of ether oxygens (including phenoxy) is 2. The Morgan fingerprint density at radius 2 is 2.10 bits per heavy atom. The van der Waals surface area contributed by atoms with E-state index in [1.54, 1.807) is 6.07 Å². The molecule has 0 fully saturated rings. The summed E-state index contributed by atoms with van der Waals surface area (Å²) in [7, 11) is 1.46. The molecule has 0 saturated carbocycles. The van der Waals surface area contributed by atoms with Crippen LogP contribution in [0.4, 0.5) is 4.39 Å². The van der Waals surface area contributed by atoms with Crippen molar-refractivity contribution in [2.75, 3.05) is 26.8 Å². The Morgan fingerprint density at radius 3 is 2.83 bits per heavy atom. The minimum atomic E-state index is -0.366. The van der Waals surface area contributed by atoms with E-state index in [0.29, 0.717) is 19.1 Å². The van der Waals surface area contributed by atoms with Crippen molar-refractivity contribution in [1.29, 1.82) is 0 Å². The Balaban J connectivity index is 0.00000300. The molecule has 2 aromatic rings. The van der Waals surface area contributed by atoms with E-state index >= 15 is 0 Å². The van der Waals surface area contributed by atoms with Crippen molar-refractivity contribution in [3.05, 3.63) is 59.4 Å². The summed E-state index contributed by atoms with van der Waals surface area (Å²) < 4.78 is 24.7. The Morgan fingerprint density at radius 1 is 1.31 bits per heavy atom. The first-order valence-electron chi connectivity index (χ1n) is 9.72. The van der Waals surface area contributed by atoms with Gasteiger partial charge in [-0.2, -0.15) is 0 Å². The lowest BCUT2D eigenvalue weighted by Gasteiger charge is -2.25. The summed E-state index contributed by atoms with van der Waals surface area (Å²) in [5.74, 6) is 1.88. The fourth-order valence-corrected chi connectivity index (χ4v) is 3.37. The van der Waals surface area contributed by atoms with Crippen LogP contribution in [0.1, 0.15) is 43.4 Å². The van der Waals surface area contributed by atoms with E-state index < -0.39 is 0 Å². The fourth-order valence-electron chi connectivity index (χ4n) is 3.37. The first-order valence-corrected chi connectivity index (χ1v) is 9.72. The molecular formula is C22H29FIN3O2. The molecule has 2 aromatic carbocycles. The molecule has 1 heterocycles. The molecular weight excluding hydrogens is 484 g/mol. The number of benzene rings is 2. The molecule has 2 atom stereocenters. The largest absolute Gasteiger partial charge is 0.494 e. The summed E-state index contributed by atoms with van der Waals surface area (Å²) in [5.41, 5.74) is 2.04. The van der Waals surface area contributed by atoms with E-state index in [9.17, 15) is 4.39 Å². The average molecular weight is 513 g/mol. The Labute approximate surface area is 189 Å². The normalized spacial score (nSPS) is 16.7. The van der Waals surface area contributed by atoms with Crippen LogP contribution in [-0.4, -0.2) is 32.8 Å². The molecule has 0 saturated heterocycles. The van der Waals surface area contributed by atoms with Gasteiger partial charge in [-0.25, -0.2) is 4.39 Å². The van der Waals surface area contributed by atoms with Crippen LogP contribution in [0.2, 0.25) is 0 Å². The van der Waals surface area contributed by atoms with Gasteiger partial charge in [-0.3, -0.25) is 4.99 Å². The second kappa shape index (κ2) is 11.2. The Kier molecular flexibility index (Phi) is 9.00. The maximum Gasteiger partial charge on any atom is 0.191 e. The van der Waals surface area contributed by atoms with Crippen molar-refractivity contribution in [3.8, 4) is 11.5 Å². The zero-order valence-corrected chi connectivity index (χ0v) is 19.4. The van der Waals surface area contributed by atoms with Crippen LogP contribution in [0.25, 0.3) is 0 Å². The molecule has 0 bridgehead atoms. The molecule has 0 spiro atoms. The number of hydrogen-bond acceptors (Lipinski definition) is 3. The van der Waals surface area contributed by atoms with Gasteiger partial charge in [0.25, 0.3) is 0 Å². The van der Waals surface area contributed by atoms with Crippen molar-refractivity contribution in [1.82, 2.24) is 10.6 Å². The summed E-state index contributed by atoms with van der Waals surface area (Å²) in [6.07, 6.45) is 0.944. The smallest absolute Gasteiger partial charge is 0.191 e. The molecule has 7 heteroatoms. The van der Waals surface area contributed by atoms with Crippen LogP contribution >= 0.6 is 24.0 Å². The van der Waals surface area contributed by atoms with E-state index in [2.05, 4.69) is 16.7 Å². The van der Waals surface area contributed by atoms with Crippen LogP contribution in [0.5, 0.6) is 11.5 Å². The molecule has 158 valence electrons. The van der Waals surface area contributed by atoms with E-state index in [1.165, 1.54) is 18.7 Å². The topological polar surface area (TPSA) is 54.9 Å². The molecule has 0 amide bonds. The predicted molar refractivity (Wildman–Crippen MR) is 125 cm³/mol. The van der Waals surface area contributed by atoms with Crippen molar-refractivity contribution < 1.29 is 13.9 Å². The highest BCUT2D eigenvalue weighted by Crippen LogP contribution is 2.33. The summed E-state index contributed by atoms with van der Waals surface area (Å²) in [6, 6.07) is 13.0. The zero-order chi connectivity index (χ0) is 19.9. The molecule has 0 aromatic heterocycles. The van der Waals surface area contributed by atoms with Crippen LogP contribution < -0.4 is 20.1 Å². The maximum atomic E-state index is 14.0. The van der Waals surface area contributed by atoms with Gasteiger partial charge in [-0.05, 0) is 49.6 Å². The molecule has 2 unspecified atom stereocenters. The van der Waals surface area contributed by atoms with Gasteiger partial charge in [0.05, 0.1) is 19.8 Å². The summed E-state index contributed by atoms with van der Waals surface area (Å²) in [4.78, 5) is 4.78. The highest BCUT2D eigenvalue weighted by molar-refractivity contribution is 14.0. The quantitative estimate of drug-likeness (QED) is 0.336. The number of halogens is 2. The van der Waals surface area contributed by atoms with Crippen LogP contribution in [-0.2, 0) is 0 Å². The lowest BCUT2D eigenvalue weighted by atomic mass is 9.93. The van der Waals surface area contributed by atoms with Gasteiger partial charge >= 0.3 is 0 Å². The number of nitrogens with zero attached hydrogens (tertiary/aromatic N) is 1. The Hall–Kier alpha value is -2.03. The predicted octanol–water partition coefficient (Wildman–Crippen LogP) is 4.63. The molecule has 1 aliphatic heterocycles. The van der Waals surface area contributed by atoms with Gasteiger partial charge < -0.3 is 20.1 Å².